The standard InChI is InChI=1S/C10H17NO3/c1-9(11-8-12)10(7-13-2)5-3-4-6-14-10/h9H,3-7H2,1-2H3. The van der Waals surface area contributed by atoms with E-state index in [1.165, 1.54) is 0 Å². The predicted molar refractivity (Wildman–Crippen MR) is 52.0 cm³/mol. The molecule has 0 aromatic heterocycles. The molecule has 0 radical (unpaired) electrons. The molecule has 0 saturated carbocycles. The molecule has 0 aromatic rings. The predicted octanol–water partition coefficient (Wildman–Crippen LogP) is 1.30. The summed E-state index contributed by atoms with van der Waals surface area (Å²) in [6.07, 6.45) is 4.66. The van der Waals surface area contributed by atoms with Crippen molar-refractivity contribution in [3.05, 3.63) is 0 Å². The summed E-state index contributed by atoms with van der Waals surface area (Å²) >= 11 is 0. The largest absolute Gasteiger partial charge is 0.382 e. The normalized spacial score (nSPS) is 29.3. The summed E-state index contributed by atoms with van der Waals surface area (Å²) < 4.78 is 10.9. The van der Waals surface area contributed by atoms with Crippen molar-refractivity contribution in [2.75, 3.05) is 20.3 Å². The lowest BCUT2D eigenvalue weighted by molar-refractivity contribution is -0.125. The van der Waals surface area contributed by atoms with E-state index in [-0.39, 0.29) is 6.04 Å². The first kappa shape index (κ1) is 11.4. The van der Waals surface area contributed by atoms with Crippen LogP contribution in [0.3, 0.4) is 0 Å². The van der Waals surface area contributed by atoms with Gasteiger partial charge in [0.15, 0.2) is 0 Å². The van der Waals surface area contributed by atoms with Gasteiger partial charge in [0.2, 0.25) is 6.08 Å². The van der Waals surface area contributed by atoms with Crippen molar-refractivity contribution in [2.24, 2.45) is 4.99 Å². The van der Waals surface area contributed by atoms with Crippen LogP contribution in [0.2, 0.25) is 0 Å². The van der Waals surface area contributed by atoms with E-state index in [1.807, 2.05) is 6.92 Å². The lowest BCUT2D eigenvalue weighted by atomic mass is 9.88. The second-order valence-electron chi connectivity index (χ2n) is 3.70. The Balaban J connectivity index is 2.72. The first-order chi connectivity index (χ1) is 6.75. The van der Waals surface area contributed by atoms with Gasteiger partial charge in [-0.3, -0.25) is 0 Å². The molecule has 1 rings (SSSR count). The molecule has 1 saturated heterocycles. The first-order valence-corrected chi connectivity index (χ1v) is 4.95. The molecule has 80 valence electrons. The minimum Gasteiger partial charge on any atom is -0.382 e. The van der Waals surface area contributed by atoms with Gasteiger partial charge in [-0.15, -0.1) is 0 Å². The molecule has 4 heteroatoms. The van der Waals surface area contributed by atoms with Gasteiger partial charge in [-0.25, -0.2) is 4.79 Å². The fraction of sp³-hybridized carbons (Fsp3) is 0.900. The molecule has 0 amide bonds. The van der Waals surface area contributed by atoms with Gasteiger partial charge in [0.25, 0.3) is 0 Å². The van der Waals surface area contributed by atoms with Crippen molar-refractivity contribution in [1.82, 2.24) is 0 Å². The number of ether oxygens (including phenoxy) is 2. The number of hydrogen-bond donors (Lipinski definition) is 0. The first-order valence-electron chi connectivity index (χ1n) is 4.95. The van der Waals surface area contributed by atoms with Crippen molar-refractivity contribution in [1.29, 1.82) is 0 Å². The van der Waals surface area contributed by atoms with Crippen LogP contribution in [-0.4, -0.2) is 38.0 Å². The SMILES string of the molecule is COCC1(C(C)N=C=O)CCCCO1. The van der Waals surface area contributed by atoms with Crippen LogP contribution in [0.25, 0.3) is 0 Å². The highest BCUT2D eigenvalue weighted by Gasteiger charge is 2.39. The molecule has 0 aliphatic carbocycles. The number of nitrogens with zero attached hydrogens (tertiary/aromatic N) is 1. The Morgan fingerprint density at radius 1 is 1.64 bits per heavy atom. The zero-order valence-electron chi connectivity index (χ0n) is 8.78. The molecule has 4 nitrogen and oxygen atoms in total. The third-order valence-electron chi connectivity index (χ3n) is 2.78. The average Bonchev–Trinajstić information content (AvgIpc) is 2.20. The quantitative estimate of drug-likeness (QED) is 0.506. The van der Waals surface area contributed by atoms with Gasteiger partial charge in [-0.2, -0.15) is 4.99 Å². The van der Waals surface area contributed by atoms with Crippen molar-refractivity contribution in [3.8, 4) is 0 Å². The third-order valence-corrected chi connectivity index (χ3v) is 2.78. The number of aliphatic imine (C=N–C) groups is 1. The van der Waals surface area contributed by atoms with Crippen molar-refractivity contribution in [3.63, 3.8) is 0 Å². The van der Waals surface area contributed by atoms with Crippen molar-refractivity contribution < 1.29 is 14.3 Å². The van der Waals surface area contributed by atoms with Gasteiger partial charge in [0, 0.05) is 13.7 Å². The third kappa shape index (κ3) is 2.41. The molecule has 0 bridgehead atoms. The number of rotatable bonds is 4. The van der Waals surface area contributed by atoms with Crippen LogP contribution in [0.4, 0.5) is 0 Å². The maximum absolute atomic E-state index is 10.2. The maximum Gasteiger partial charge on any atom is 0.235 e. The minimum atomic E-state index is -0.412. The van der Waals surface area contributed by atoms with Crippen molar-refractivity contribution in [2.45, 2.75) is 37.8 Å². The lowest BCUT2D eigenvalue weighted by Crippen LogP contribution is -2.48. The second kappa shape index (κ2) is 5.25. The Bertz CT molecular complexity index is 212. The molecule has 0 N–H and O–H groups in total. The van der Waals surface area contributed by atoms with Gasteiger partial charge < -0.3 is 9.47 Å². The van der Waals surface area contributed by atoms with Crippen LogP contribution in [0.1, 0.15) is 26.2 Å². The molecule has 14 heavy (non-hydrogen) atoms. The molecule has 1 heterocycles. The number of methoxy groups -OCH3 is 1. The summed E-state index contributed by atoms with van der Waals surface area (Å²) in [6.45, 7) is 3.08. The molecule has 1 fully saturated rings. The summed E-state index contributed by atoms with van der Waals surface area (Å²) in [7, 11) is 1.64. The lowest BCUT2D eigenvalue weighted by Gasteiger charge is -2.39. The topological polar surface area (TPSA) is 47.9 Å². The van der Waals surface area contributed by atoms with Gasteiger partial charge in [-0.05, 0) is 26.2 Å². The Morgan fingerprint density at radius 2 is 2.43 bits per heavy atom. The molecule has 1 aliphatic heterocycles. The van der Waals surface area contributed by atoms with E-state index in [2.05, 4.69) is 4.99 Å². The highest BCUT2D eigenvalue weighted by molar-refractivity contribution is 5.34. The molecular formula is C10H17NO3. The molecule has 2 unspecified atom stereocenters. The molecule has 1 aliphatic rings. The molecule has 0 spiro atoms. The number of hydrogen-bond acceptors (Lipinski definition) is 4. The smallest absolute Gasteiger partial charge is 0.235 e. The number of carbonyl (C=O) groups excluding carboxylic acids is 1. The van der Waals surface area contributed by atoms with Crippen LogP contribution in [0.15, 0.2) is 4.99 Å². The minimum absolute atomic E-state index is 0.180. The highest BCUT2D eigenvalue weighted by Crippen LogP contribution is 2.30. The Labute approximate surface area is 84.3 Å². The van der Waals surface area contributed by atoms with Gasteiger partial charge in [0.1, 0.15) is 5.60 Å². The fourth-order valence-electron chi connectivity index (χ4n) is 1.88. The van der Waals surface area contributed by atoms with Crippen LogP contribution in [0, 0.1) is 0 Å². The summed E-state index contributed by atoms with van der Waals surface area (Å²) in [4.78, 5) is 13.9. The zero-order valence-corrected chi connectivity index (χ0v) is 8.78. The highest BCUT2D eigenvalue weighted by atomic mass is 16.5. The van der Waals surface area contributed by atoms with E-state index in [1.54, 1.807) is 13.2 Å². The van der Waals surface area contributed by atoms with Gasteiger partial charge >= 0.3 is 0 Å². The van der Waals surface area contributed by atoms with E-state index in [4.69, 9.17) is 9.47 Å². The van der Waals surface area contributed by atoms with Crippen LogP contribution in [0.5, 0.6) is 0 Å². The molecule has 0 aromatic carbocycles. The van der Waals surface area contributed by atoms with E-state index in [9.17, 15) is 4.79 Å². The summed E-state index contributed by atoms with van der Waals surface area (Å²) in [5, 5.41) is 0. The molecule has 2 atom stereocenters. The van der Waals surface area contributed by atoms with E-state index < -0.39 is 5.60 Å². The zero-order chi connectivity index (χ0) is 10.4. The average molecular weight is 199 g/mol. The van der Waals surface area contributed by atoms with Crippen LogP contribution >= 0.6 is 0 Å². The molecular weight excluding hydrogens is 182 g/mol. The Hall–Kier alpha value is -0.700. The summed E-state index contributed by atoms with van der Waals surface area (Å²) in [5.74, 6) is 0. The van der Waals surface area contributed by atoms with E-state index in [0.717, 1.165) is 25.9 Å². The maximum atomic E-state index is 10.2. The Morgan fingerprint density at radius 3 is 2.93 bits per heavy atom. The fourth-order valence-corrected chi connectivity index (χ4v) is 1.88. The van der Waals surface area contributed by atoms with E-state index >= 15 is 0 Å². The number of isocyanates is 1. The van der Waals surface area contributed by atoms with Crippen molar-refractivity contribution >= 4 is 6.08 Å². The summed E-state index contributed by atoms with van der Waals surface area (Å²) in [5.41, 5.74) is -0.412. The van der Waals surface area contributed by atoms with Crippen LogP contribution < -0.4 is 0 Å². The second-order valence-corrected chi connectivity index (χ2v) is 3.70. The van der Waals surface area contributed by atoms with Crippen LogP contribution in [-0.2, 0) is 14.3 Å². The van der Waals surface area contributed by atoms with Gasteiger partial charge in [0.05, 0.1) is 12.6 Å². The monoisotopic (exact) mass is 199 g/mol. The summed E-state index contributed by atoms with van der Waals surface area (Å²) in [6, 6.07) is -0.180. The Kier molecular flexibility index (Phi) is 4.26. The van der Waals surface area contributed by atoms with E-state index in [0.29, 0.717) is 6.61 Å². The van der Waals surface area contributed by atoms with Gasteiger partial charge in [-0.1, -0.05) is 0 Å².